The summed E-state index contributed by atoms with van der Waals surface area (Å²) >= 11 is 0. The summed E-state index contributed by atoms with van der Waals surface area (Å²) in [5.74, 6) is 0.674. The van der Waals surface area contributed by atoms with E-state index in [2.05, 4.69) is 0 Å². The number of nitrogens with zero attached hydrogens (tertiary/aromatic N) is 2. The lowest BCUT2D eigenvalue weighted by Crippen LogP contribution is -2.01. The molecule has 0 aromatic carbocycles. The molecule has 1 aliphatic heterocycles. The van der Waals surface area contributed by atoms with Gasteiger partial charge < -0.3 is 4.74 Å². The standard InChI is InChI=1S/C6H8N2O/c1-5(2)9-6-3-8(6)4-7/h3,5H,1-2H3. The summed E-state index contributed by atoms with van der Waals surface area (Å²) in [7, 11) is 0. The van der Waals surface area contributed by atoms with Crippen molar-refractivity contribution in [1.29, 1.82) is 5.26 Å². The molecule has 3 nitrogen and oxygen atoms in total. The Kier molecular flexibility index (Phi) is 1.31. The number of hydrogen-bond acceptors (Lipinski definition) is 3. The van der Waals surface area contributed by atoms with Crippen LogP contribution in [-0.2, 0) is 4.74 Å². The molecule has 0 aromatic heterocycles. The zero-order valence-corrected chi connectivity index (χ0v) is 5.46. The van der Waals surface area contributed by atoms with Gasteiger partial charge in [0.25, 0.3) is 0 Å². The average molecular weight is 124 g/mol. The molecule has 48 valence electrons. The highest BCUT2D eigenvalue weighted by molar-refractivity contribution is 5.18. The topological polar surface area (TPSA) is 36.0 Å². The first-order chi connectivity index (χ1) is 4.24. The highest BCUT2D eigenvalue weighted by Gasteiger charge is 2.22. The van der Waals surface area contributed by atoms with Crippen molar-refractivity contribution in [3.63, 3.8) is 0 Å². The van der Waals surface area contributed by atoms with Gasteiger partial charge in [-0.3, -0.25) is 0 Å². The third kappa shape index (κ3) is 1.36. The van der Waals surface area contributed by atoms with E-state index in [-0.39, 0.29) is 6.10 Å². The van der Waals surface area contributed by atoms with Crippen molar-refractivity contribution in [2.24, 2.45) is 0 Å². The smallest absolute Gasteiger partial charge is 0.225 e. The van der Waals surface area contributed by atoms with Crippen LogP contribution in [0.5, 0.6) is 0 Å². The van der Waals surface area contributed by atoms with Gasteiger partial charge in [0.1, 0.15) is 0 Å². The van der Waals surface area contributed by atoms with Crippen molar-refractivity contribution in [1.82, 2.24) is 4.90 Å². The normalized spacial score (nSPS) is 14.9. The summed E-state index contributed by atoms with van der Waals surface area (Å²) in [5, 5.41) is 8.23. The van der Waals surface area contributed by atoms with Gasteiger partial charge in [0, 0.05) is 0 Å². The van der Waals surface area contributed by atoms with Gasteiger partial charge in [-0.1, -0.05) is 0 Å². The molecule has 1 rings (SSSR count). The molecule has 0 unspecified atom stereocenters. The molecule has 1 heterocycles. The molecule has 0 aliphatic carbocycles. The maximum absolute atomic E-state index is 8.23. The molecule has 9 heavy (non-hydrogen) atoms. The molecule has 0 aromatic rings. The first-order valence-corrected chi connectivity index (χ1v) is 2.81. The number of nitriles is 1. The molecule has 0 radical (unpaired) electrons. The van der Waals surface area contributed by atoms with E-state index in [0.717, 1.165) is 0 Å². The van der Waals surface area contributed by atoms with Crippen molar-refractivity contribution in [3.8, 4) is 6.19 Å². The molecule has 0 fully saturated rings. The monoisotopic (exact) mass is 124 g/mol. The molecule has 0 atom stereocenters. The predicted octanol–water partition coefficient (Wildman–Crippen LogP) is 1.01. The van der Waals surface area contributed by atoms with Crippen LogP contribution in [0.3, 0.4) is 0 Å². The van der Waals surface area contributed by atoms with E-state index in [4.69, 9.17) is 10.00 Å². The van der Waals surface area contributed by atoms with Crippen LogP contribution in [0.1, 0.15) is 13.8 Å². The second-order valence-corrected chi connectivity index (χ2v) is 2.10. The Labute approximate surface area is 54.1 Å². The molecular weight excluding hydrogens is 116 g/mol. The first-order valence-electron chi connectivity index (χ1n) is 2.81. The Bertz CT molecular complexity index is 178. The molecule has 0 bridgehead atoms. The van der Waals surface area contributed by atoms with Crippen molar-refractivity contribution in [3.05, 3.63) is 12.1 Å². The Morgan fingerprint density at radius 1 is 1.78 bits per heavy atom. The van der Waals surface area contributed by atoms with Crippen LogP contribution in [0.25, 0.3) is 0 Å². The van der Waals surface area contributed by atoms with E-state index < -0.39 is 0 Å². The lowest BCUT2D eigenvalue weighted by atomic mass is 10.5. The second-order valence-electron chi connectivity index (χ2n) is 2.10. The van der Waals surface area contributed by atoms with Crippen LogP contribution < -0.4 is 0 Å². The van der Waals surface area contributed by atoms with Gasteiger partial charge >= 0.3 is 0 Å². The molecule has 0 N–H and O–H groups in total. The number of rotatable bonds is 2. The Hall–Kier alpha value is -1.17. The van der Waals surface area contributed by atoms with E-state index >= 15 is 0 Å². The van der Waals surface area contributed by atoms with Crippen molar-refractivity contribution in [2.75, 3.05) is 0 Å². The largest absolute Gasteiger partial charge is 0.474 e. The summed E-state index contributed by atoms with van der Waals surface area (Å²) in [6.07, 6.45) is 3.72. The third-order valence-electron chi connectivity index (χ3n) is 0.873. The number of ether oxygens (including phenoxy) is 1. The predicted molar refractivity (Wildman–Crippen MR) is 31.8 cm³/mol. The summed E-state index contributed by atoms with van der Waals surface area (Å²) < 4.78 is 5.13. The first kappa shape index (κ1) is 5.96. The van der Waals surface area contributed by atoms with E-state index in [1.165, 1.54) is 4.90 Å². The quantitative estimate of drug-likeness (QED) is 0.515. The minimum atomic E-state index is 0.162. The Morgan fingerprint density at radius 3 is 2.78 bits per heavy atom. The zero-order valence-electron chi connectivity index (χ0n) is 5.46. The molecular formula is C6H8N2O. The molecule has 1 aliphatic rings. The van der Waals surface area contributed by atoms with Crippen LogP contribution in [0, 0.1) is 11.5 Å². The molecule has 0 amide bonds. The highest BCUT2D eigenvalue weighted by atomic mass is 16.5. The third-order valence-corrected chi connectivity index (χ3v) is 0.873. The van der Waals surface area contributed by atoms with Gasteiger partial charge in [-0.2, -0.15) is 5.26 Å². The number of hydrogen-bond donors (Lipinski definition) is 0. The lowest BCUT2D eigenvalue weighted by Gasteiger charge is -2.03. The van der Waals surface area contributed by atoms with Crippen molar-refractivity contribution < 1.29 is 4.74 Å². The van der Waals surface area contributed by atoms with Crippen LogP contribution in [-0.4, -0.2) is 11.0 Å². The maximum atomic E-state index is 8.23. The molecule has 3 heteroatoms. The average Bonchev–Trinajstić information content (AvgIpc) is 2.45. The van der Waals surface area contributed by atoms with Crippen LogP contribution in [0.4, 0.5) is 0 Å². The van der Waals surface area contributed by atoms with E-state index in [1.807, 2.05) is 20.0 Å². The highest BCUT2D eigenvalue weighted by Crippen LogP contribution is 2.21. The van der Waals surface area contributed by atoms with Gasteiger partial charge in [-0.05, 0) is 13.8 Å². The minimum Gasteiger partial charge on any atom is -0.474 e. The van der Waals surface area contributed by atoms with E-state index in [0.29, 0.717) is 5.88 Å². The summed E-state index contributed by atoms with van der Waals surface area (Å²) in [5.41, 5.74) is 0. The lowest BCUT2D eigenvalue weighted by molar-refractivity contribution is 0.139. The van der Waals surface area contributed by atoms with Crippen molar-refractivity contribution >= 4 is 0 Å². The summed E-state index contributed by atoms with van der Waals surface area (Å²) in [4.78, 5) is 1.39. The van der Waals surface area contributed by atoms with Crippen molar-refractivity contribution in [2.45, 2.75) is 20.0 Å². The van der Waals surface area contributed by atoms with Gasteiger partial charge in [-0.15, -0.1) is 0 Å². The zero-order chi connectivity index (χ0) is 6.85. The Balaban J connectivity index is 2.21. The Morgan fingerprint density at radius 2 is 2.44 bits per heavy atom. The van der Waals surface area contributed by atoms with Gasteiger partial charge in [-0.25, -0.2) is 4.90 Å². The summed E-state index contributed by atoms with van der Waals surface area (Å²) in [6, 6.07) is 0. The van der Waals surface area contributed by atoms with Crippen LogP contribution >= 0.6 is 0 Å². The van der Waals surface area contributed by atoms with Crippen LogP contribution in [0.15, 0.2) is 12.1 Å². The molecule has 0 saturated heterocycles. The van der Waals surface area contributed by atoms with Gasteiger partial charge in [0.05, 0.1) is 12.3 Å². The maximum Gasteiger partial charge on any atom is 0.225 e. The van der Waals surface area contributed by atoms with E-state index in [1.54, 1.807) is 6.20 Å². The summed E-state index contributed by atoms with van der Waals surface area (Å²) in [6.45, 7) is 3.85. The fourth-order valence-corrected chi connectivity index (χ4v) is 0.488. The van der Waals surface area contributed by atoms with Gasteiger partial charge in [0.15, 0.2) is 6.19 Å². The minimum absolute atomic E-state index is 0.162. The second kappa shape index (κ2) is 1.98. The molecule has 0 spiro atoms. The van der Waals surface area contributed by atoms with Gasteiger partial charge in [0.2, 0.25) is 5.88 Å². The fraction of sp³-hybridized carbons (Fsp3) is 0.500. The van der Waals surface area contributed by atoms with Crippen LogP contribution in [0.2, 0.25) is 0 Å². The molecule has 0 saturated carbocycles. The van der Waals surface area contributed by atoms with E-state index in [9.17, 15) is 0 Å². The fourth-order valence-electron chi connectivity index (χ4n) is 0.488. The SMILES string of the molecule is CC(C)OC1=CN1C#N.